The quantitative estimate of drug-likeness (QED) is 0.274. The van der Waals surface area contributed by atoms with Gasteiger partial charge >= 0.3 is 0 Å². The second kappa shape index (κ2) is 18.0. The van der Waals surface area contributed by atoms with Crippen LogP contribution in [0.5, 0.6) is 0 Å². The number of rotatable bonds is 8. The predicted molar refractivity (Wildman–Crippen MR) is 158 cm³/mol. The van der Waals surface area contributed by atoms with Crippen LogP contribution >= 0.6 is 0 Å². The third kappa shape index (κ3) is 10.1. The summed E-state index contributed by atoms with van der Waals surface area (Å²) in [6.45, 7) is 23.4. The Balaban J connectivity index is 0.000000381. The fourth-order valence-corrected chi connectivity index (χ4v) is 6.19. The van der Waals surface area contributed by atoms with Gasteiger partial charge in [-0.3, -0.25) is 11.1 Å². The molecule has 0 spiro atoms. The molecule has 218 valence electrons. The van der Waals surface area contributed by atoms with E-state index in [0.29, 0.717) is 35.5 Å². The van der Waals surface area contributed by atoms with Crippen molar-refractivity contribution in [2.45, 2.75) is 82.1 Å². The SMILES string of the molecule is CC([CH-]Cc1cnc[nH]1)C1=[C-]C(C)C(C)C(C)C1C.CC([CH-]Cc1cnc[nH]1)C1=[C-]C(C)C(C)C(C)C1C.[Y].[Y]. The summed E-state index contributed by atoms with van der Waals surface area (Å²) in [5, 5.41) is 0. The summed E-state index contributed by atoms with van der Waals surface area (Å²) in [6, 6.07) is 0. The van der Waals surface area contributed by atoms with Crippen molar-refractivity contribution >= 4 is 0 Å². The molecule has 10 unspecified atom stereocenters. The van der Waals surface area contributed by atoms with E-state index in [1.165, 1.54) is 22.5 Å². The number of allylic oxidation sites excluding steroid dienone is 4. The average Bonchev–Trinajstić information content (AvgIpc) is 3.62. The molecule has 2 aliphatic rings. The summed E-state index contributed by atoms with van der Waals surface area (Å²) in [6.07, 6.45) is 21.4. The summed E-state index contributed by atoms with van der Waals surface area (Å²) >= 11 is 0. The summed E-state index contributed by atoms with van der Waals surface area (Å²) in [4.78, 5) is 14.4. The number of H-pyrrole nitrogens is 2. The zero-order valence-electron chi connectivity index (χ0n) is 26.7. The second-order valence-electron chi connectivity index (χ2n) is 12.4. The first-order valence-corrected chi connectivity index (χ1v) is 14.9. The summed E-state index contributed by atoms with van der Waals surface area (Å²) in [7, 11) is 0. The molecule has 0 aromatic carbocycles. The van der Waals surface area contributed by atoms with Gasteiger partial charge in [0.05, 0.1) is 12.7 Å². The van der Waals surface area contributed by atoms with Gasteiger partial charge in [-0.15, -0.1) is 12.8 Å². The molecule has 6 heteroatoms. The molecule has 2 aromatic rings. The van der Waals surface area contributed by atoms with E-state index in [0.717, 1.165) is 36.5 Å². The van der Waals surface area contributed by atoms with Crippen LogP contribution in [-0.2, 0) is 78.3 Å². The molecule has 2 heterocycles. The van der Waals surface area contributed by atoms with Gasteiger partial charge in [0.15, 0.2) is 0 Å². The summed E-state index contributed by atoms with van der Waals surface area (Å²) in [5.41, 5.74) is 5.37. The maximum atomic E-state index is 4.06. The topological polar surface area (TPSA) is 57.4 Å². The molecule has 0 bridgehead atoms. The van der Waals surface area contributed by atoms with Gasteiger partial charge < -0.3 is 35.0 Å². The monoisotopic (exact) mass is 694 g/mol. The molecule has 0 saturated heterocycles. The molecule has 10 atom stereocenters. The van der Waals surface area contributed by atoms with E-state index in [1.807, 2.05) is 12.4 Å². The van der Waals surface area contributed by atoms with Crippen molar-refractivity contribution in [1.82, 2.24) is 19.9 Å². The van der Waals surface area contributed by atoms with Crippen LogP contribution in [-0.4, -0.2) is 19.9 Å². The molecule has 2 N–H and O–H groups in total. The third-order valence-corrected chi connectivity index (χ3v) is 10.1. The first-order chi connectivity index (χ1) is 18.0. The van der Waals surface area contributed by atoms with Gasteiger partial charge in [0.25, 0.3) is 0 Å². The zero-order valence-corrected chi connectivity index (χ0v) is 32.4. The molecule has 0 aliphatic heterocycles. The number of imidazole rings is 2. The van der Waals surface area contributed by atoms with Crippen molar-refractivity contribution in [3.8, 4) is 0 Å². The van der Waals surface area contributed by atoms with Crippen LogP contribution in [0, 0.1) is 84.2 Å². The number of hydrogen-bond donors (Lipinski definition) is 2. The van der Waals surface area contributed by atoms with E-state index in [2.05, 4.69) is 114 Å². The molecular weight excluding hydrogens is 642 g/mol. The van der Waals surface area contributed by atoms with Crippen molar-refractivity contribution in [2.24, 2.45) is 59.2 Å². The minimum Gasteiger partial charge on any atom is -0.496 e. The standard InChI is InChI=1S/2C17H26N2.2Y/c2*1-11(6-7-16-9-18-10-19-16)17-8-12(2)13(3)14(4)15(17)5;;/h2*6,9-15H,7H2,1-5H3,(H,18,19);;/q2*-2;;. The van der Waals surface area contributed by atoms with Crippen LogP contribution in [0.1, 0.15) is 80.6 Å². The van der Waals surface area contributed by atoms with Gasteiger partial charge in [-0.1, -0.05) is 92.9 Å². The Bertz CT molecular complexity index is 931. The summed E-state index contributed by atoms with van der Waals surface area (Å²) in [5.74, 6) is 6.37. The first kappa shape index (κ1) is 38.1. The van der Waals surface area contributed by atoms with Gasteiger partial charge in [0, 0.05) is 89.2 Å². The largest absolute Gasteiger partial charge is 0.496 e. The molecule has 0 fully saturated rings. The minimum atomic E-state index is 0. The van der Waals surface area contributed by atoms with Crippen molar-refractivity contribution < 1.29 is 65.4 Å². The smallest absolute Gasteiger partial charge is 0.0920 e. The number of aromatic amines is 2. The first-order valence-electron chi connectivity index (χ1n) is 14.9. The molecule has 4 rings (SSSR count). The second-order valence-corrected chi connectivity index (χ2v) is 12.4. The Morgan fingerprint density at radius 1 is 0.650 bits per heavy atom. The van der Waals surface area contributed by atoms with Crippen LogP contribution in [0.4, 0.5) is 0 Å². The summed E-state index contributed by atoms with van der Waals surface area (Å²) < 4.78 is 0. The molecule has 0 amide bonds. The predicted octanol–water partition coefficient (Wildman–Crippen LogP) is 8.16. The van der Waals surface area contributed by atoms with Gasteiger partial charge in [-0.2, -0.15) is 23.7 Å². The van der Waals surface area contributed by atoms with E-state index < -0.39 is 0 Å². The molecule has 2 radical (unpaired) electrons. The van der Waals surface area contributed by atoms with Crippen LogP contribution in [0.2, 0.25) is 0 Å². The molecule has 2 aliphatic carbocycles. The Kier molecular flexibility index (Phi) is 17.2. The normalized spacial score (nSPS) is 31.4. The van der Waals surface area contributed by atoms with Crippen LogP contribution in [0.15, 0.2) is 36.2 Å². The number of hydrogen-bond acceptors (Lipinski definition) is 2. The molecule has 4 nitrogen and oxygen atoms in total. The minimum absolute atomic E-state index is 0. The fourth-order valence-electron chi connectivity index (χ4n) is 6.19. The van der Waals surface area contributed by atoms with Gasteiger partial charge in [0.1, 0.15) is 0 Å². The Labute approximate surface area is 296 Å². The van der Waals surface area contributed by atoms with Crippen LogP contribution in [0.25, 0.3) is 0 Å². The van der Waals surface area contributed by atoms with Crippen molar-refractivity contribution in [3.63, 3.8) is 0 Å². The maximum absolute atomic E-state index is 4.06. The van der Waals surface area contributed by atoms with E-state index >= 15 is 0 Å². The Morgan fingerprint density at radius 3 is 1.30 bits per heavy atom. The van der Waals surface area contributed by atoms with E-state index in [-0.39, 0.29) is 65.4 Å². The molecular formula is C34H52N4Y2-4. The Hall–Kier alpha value is 0.108. The number of aromatic nitrogens is 4. The Morgan fingerprint density at radius 2 is 1.00 bits per heavy atom. The van der Waals surface area contributed by atoms with E-state index in [1.54, 1.807) is 12.7 Å². The van der Waals surface area contributed by atoms with Crippen molar-refractivity contribution in [1.29, 1.82) is 0 Å². The number of nitrogens with one attached hydrogen (secondary N) is 2. The fraction of sp³-hybridized carbons (Fsp3) is 0.647. The number of nitrogens with zero attached hydrogens (tertiary/aromatic N) is 2. The van der Waals surface area contributed by atoms with E-state index in [4.69, 9.17) is 0 Å². The van der Waals surface area contributed by atoms with Gasteiger partial charge in [-0.25, -0.2) is 9.97 Å². The molecule has 0 saturated carbocycles. The van der Waals surface area contributed by atoms with Crippen molar-refractivity contribution in [3.05, 3.63) is 72.6 Å². The van der Waals surface area contributed by atoms with Crippen LogP contribution < -0.4 is 0 Å². The zero-order chi connectivity index (χ0) is 28.0. The molecule has 40 heavy (non-hydrogen) atoms. The van der Waals surface area contributed by atoms with Crippen molar-refractivity contribution in [2.75, 3.05) is 0 Å². The third-order valence-electron chi connectivity index (χ3n) is 10.1. The molecule has 2 aromatic heterocycles. The maximum Gasteiger partial charge on any atom is 0.0920 e. The van der Waals surface area contributed by atoms with E-state index in [9.17, 15) is 0 Å². The van der Waals surface area contributed by atoms with Gasteiger partial charge in [-0.05, 0) is 11.8 Å². The average molecular weight is 695 g/mol. The van der Waals surface area contributed by atoms with Gasteiger partial charge in [0.2, 0.25) is 0 Å². The van der Waals surface area contributed by atoms with Crippen LogP contribution in [0.3, 0.4) is 0 Å².